The average molecular weight is 459 g/mol. The molecule has 0 bridgehead atoms. The minimum Gasteiger partial charge on any atom is -0.490 e. The van der Waals surface area contributed by atoms with Gasteiger partial charge in [0.15, 0.2) is 23.0 Å². The normalized spacial score (nSPS) is 10.9. The first-order chi connectivity index (χ1) is 15.6. The molecule has 2 aromatic carbocycles. The van der Waals surface area contributed by atoms with Crippen LogP contribution in [0.2, 0.25) is 0 Å². The van der Waals surface area contributed by atoms with Crippen LogP contribution in [-0.4, -0.2) is 44.0 Å². The van der Waals surface area contributed by atoms with Crippen LogP contribution in [0.1, 0.15) is 38.8 Å². The Morgan fingerprint density at radius 3 is 1.44 bits per heavy atom. The molecule has 0 unspecified atom stereocenters. The number of rotatable bonds is 12. The number of hydrazone groups is 2. The Labute approximate surface area is 194 Å². The second-order valence-electron chi connectivity index (χ2n) is 6.21. The van der Waals surface area contributed by atoms with E-state index in [2.05, 4.69) is 21.1 Å². The molecule has 0 spiro atoms. The van der Waals surface area contributed by atoms with Crippen LogP contribution in [0, 0.1) is 0 Å². The summed E-state index contributed by atoms with van der Waals surface area (Å²) in [6, 6.07) is 11.2. The summed E-state index contributed by atoms with van der Waals surface area (Å²) in [5, 5.41) is 8.51. The van der Waals surface area contributed by atoms with E-state index in [1.165, 1.54) is 0 Å². The number of nitrogens with zero attached hydrogens (tertiary/aromatic N) is 2. The summed E-state index contributed by atoms with van der Waals surface area (Å²) in [5.41, 5.74) is 7.13. The lowest BCUT2D eigenvalue weighted by Crippen LogP contribution is -2.28. The number of thiocarbonyl (C=S) groups is 1. The molecule has 0 aliphatic carbocycles. The highest BCUT2D eigenvalue weighted by Crippen LogP contribution is 2.28. The van der Waals surface area contributed by atoms with E-state index in [0.717, 1.165) is 11.1 Å². The molecular weight excluding hydrogens is 428 g/mol. The van der Waals surface area contributed by atoms with Crippen LogP contribution in [-0.2, 0) is 0 Å². The van der Waals surface area contributed by atoms with Gasteiger partial charge in [0, 0.05) is 0 Å². The SMILES string of the molecule is CCOc1ccc(/C=N\NC(=S)N/N=C/c2ccc(OCC)c(OCC)c2)cc1OCC. The van der Waals surface area contributed by atoms with Gasteiger partial charge >= 0.3 is 0 Å². The molecule has 0 amide bonds. The van der Waals surface area contributed by atoms with Gasteiger partial charge in [-0.2, -0.15) is 10.2 Å². The van der Waals surface area contributed by atoms with E-state index in [9.17, 15) is 0 Å². The van der Waals surface area contributed by atoms with Crippen molar-refractivity contribution in [1.82, 2.24) is 10.9 Å². The summed E-state index contributed by atoms with van der Waals surface area (Å²) >= 11 is 5.19. The maximum Gasteiger partial charge on any atom is 0.207 e. The summed E-state index contributed by atoms with van der Waals surface area (Å²) in [4.78, 5) is 0. The molecular formula is C23H30N4O4S. The van der Waals surface area contributed by atoms with Crippen LogP contribution in [0.15, 0.2) is 46.6 Å². The van der Waals surface area contributed by atoms with Gasteiger partial charge in [0.2, 0.25) is 5.11 Å². The summed E-state index contributed by atoms with van der Waals surface area (Å²) in [5.74, 6) is 2.75. The van der Waals surface area contributed by atoms with Crippen molar-refractivity contribution in [3.63, 3.8) is 0 Å². The lowest BCUT2D eigenvalue weighted by molar-refractivity contribution is 0.288. The summed E-state index contributed by atoms with van der Waals surface area (Å²) in [7, 11) is 0. The number of hydrogen-bond donors (Lipinski definition) is 2. The van der Waals surface area contributed by atoms with Gasteiger partial charge in [-0.05, 0) is 87.4 Å². The maximum absolute atomic E-state index is 5.62. The van der Waals surface area contributed by atoms with Gasteiger partial charge in [-0.1, -0.05) is 0 Å². The molecule has 0 atom stereocenters. The first-order valence-corrected chi connectivity index (χ1v) is 10.9. The van der Waals surface area contributed by atoms with Gasteiger partial charge in [-0.3, -0.25) is 10.9 Å². The van der Waals surface area contributed by atoms with Gasteiger partial charge in [-0.25, -0.2) is 0 Å². The summed E-state index contributed by atoms with van der Waals surface area (Å²) < 4.78 is 22.4. The van der Waals surface area contributed by atoms with Crippen molar-refractivity contribution < 1.29 is 18.9 Å². The molecule has 32 heavy (non-hydrogen) atoms. The van der Waals surface area contributed by atoms with E-state index in [1.807, 2.05) is 64.1 Å². The van der Waals surface area contributed by atoms with Crippen molar-refractivity contribution in [3.8, 4) is 23.0 Å². The zero-order valence-corrected chi connectivity index (χ0v) is 19.7. The maximum atomic E-state index is 5.62. The number of ether oxygens (including phenoxy) is 4. The third-order valence-corrected chi connectivity index (χ3v) is 4.08. The Kier molecular flexibility index (Phi) is 10.8. The highest BCUT2D eigenvalue weighted by molar-refractivity contribution is 7.80. The molecule has 0 radical (unpaired) electrons. The third-order valence-electron chi connectivity index (χ3n) is 3.89. The lowest BCUT2D eigenvalue weighted by Gasteiger charge is -2.11. The molecule has 0 heterocycles. The van der Waals surface area contributed by atoms with E-state index in [1.54, 1.807) is 12.4 Å². The topological polar surface area (TPSA) is 85.7 Å². The van der Waals surface area contributed by atoms with Gasteiger partial charge in [0.25, 0.3) is 0 Å². The van der Waals surface area contributed by atoms with Gasteiger partial charge in [-0.15, -0.1) is 0 Å². The molecule has 0 aromatic heterocycles. The van der Waals surface area contributed by atoms with Crippen LogP contribution < -0.4 is 29.8 Å². The molecule has 0 aliphatic heterocycles. The fourth-order valence-corrected chi connectivity index (χ4v) is 2.76. The van der Waals surface area contributed by atoms with Gasteiger partial charge in [0.1, 0.15) is 0 Å². The van der Waals surface area contributed by atoms with Crippen LogP contribution in [0.3, 0.4) is 0 Å². The average Bonchev–Trinajstić information content (AvgIpc) is 2.78. The summed E-state index contributed by atoms with van der Waals surface area (Å²) in [6.45, 7) is 9.94. The zero-order valence-electron chi connectivity index (χ0n) is 18.9. The molecule has 2 aromatic rings. The Morgan fingerprint density at radius 1 is 0.688 bits per heavy atom. The molecule has 0 saturated heterocycles. The minimum absolute atomic E-state index is 0.254. The van der Waals surface area contributed by atoms with E-state index in [4.69, 9.17) is 31.2 Å². The molecule has 2 rings (SSSR count). The smallest absolute Gasteiger partial charge is 0.207 e. The van der Waals surface area contributed by atoms with Gasteiger partial charge in [0.05, 0.1) is 38.9 Å². The van der Waals surface area contributed by atoms with Crippen molar-refractivity contribution in [2.24, 2.45) is 10.2 Å². The second kappa shape index (κ2) is 13.9. The molecule has 9 heteroatoms. The third kappa shape index (κ3) is 8.07. The van der Waals surface area contributed by atoms with E-state index in [-0.39, 0.29) is 5.11 Å². The largest absolute Gasteiger partial charge is 0.490 e. The van der Waals surface area contributed by atoms with Crippen LogP contribution >= 0.6 is 12.2 Å². The number of hydrogen-bond acceptors (Lipinski definition) is 7. The molecule has 8 nitrogen and oxygen atoms in total. The molecule has 2 N–H and O–H groups in total. The Hall–Kier alpha value is -3.33. The van der Waals surface area contributed by atoms with Crippen molar-refractivity contribution in [2.45, 2.75) is 27.7 Å². The first-order valence-electron chi connectivity index (χ1n) is 10.5. The second-order valence-corrected chi connectivity index (χ2v) is 6.62. The molecule has 172 valence electrons. The Morgan fingerprint density at radius 2 is 1.06 bits per heavy atom. The van der Waals surface area contributed by atoms with Crippen LogP contribution in [0.25, 0.3) is 0 Å². The highest BCUT2D eigenvalue weighted by Gasteiger charge is 2.06. The van der Waals surface area contributed by atoms with Crippen molar-refractivity contribution in [1.29, 1.82) is 0 Å². The predicted molar refractivity (Wildman–Crippen MR) is 132 cm³/mol. The van der Waals surface area contributed by atoms with Crippen LogP contribution in [0.5, 0.6) is 23.0 Å². The molecule has 0 fully saturated rings. The zero-order chi connectivity index (χ0) is 23.2. The quantitative estimate of drug-likeness (QED) is 0.281. The molecule has 0 aliphatic rings. The number of benzene rings is 2. The first kappa shape index (κ1) is 24.9. The van der Waals surface area contributed by atoms with E-state index < -0.39 is 0 Å². The fourth-order valence-electron chi connectivity index (χ4n) is 2.65. The molecule has 0 saturated carbocycles. The van der Waals surface area contributed by atoms with Crippen molar-refractivity contribution in [3.05, 3.63) is 47.5 Å². The Bertz CT molecular complexity index is 861. The predicted octanol–water partition coefficient (Wildman–Crippen LogP) is 4.11. The Balaban J connectivity index is 1.91. The van der Waals surface area contributed by atoms with Crippen LogP contribution in [0.4, 0.5) is 0 Å². The highest BCUT2D eigenvalue weighted by atomic mass is 32.1. The van der Waals surface area contributed by atoms with Crippen molar-refractivity contribution >= 4 is 29.8 Å². The van der Waals surface area contributed by atoms with E-state index in [0.29, 0.717) is 49.4 Å². The fraction of sp³-hybridized carbons (Fsp3) is 0.348. The minimum atomic E-state index is 0.254. The van der Waals surface area contributed by atoms with Crippen molar-refractivity contribution in [2.75, 3.05) is 26.4 Å². The summed E-state index contributed by atoms with van der Waals surface area (Å²) in [6.07, 6.45) is 3.27. The van der Waals surface area contributed by atoms with E-state index >= 15 is 0 Å². The number of nitrogens with one attached hydrogen (secondary N) is 2. The lowest BCUT2D eigenvalue weighted by atomic mass is 10.2. The monoisotopic (exact) mass is 458 g/mol. The van der Waals surface area contributed by atoms with Gasteiger partial charge < -0.3 is 18.9 Å². The standard InChI is InChI=1S/C23H30N4O4S/c1-5-28-19-11-9-17(13-21(19)30-7-3)15-24-26-23(32)27-25-16-18-10-12-20(29-6-2)22(14-18)31-8-4/h9-16H,5-8H2,1-4H3,(H2,26,27,32)/b24-15-,25-16+.